The molecule has 1 aromatic carbocycles. The highest BCUT2D eigenvalue weighted by molar-refractivity contribution is 6.31. The zero-order chi connectivity index (χ0) is 12.3. The molecular weight excluding hydrogens is 227 g/mol. The highest BCUT2D eigenvalue weighted by Crippen LogP contribution is 2.28. The monoisotopic (exact) mass is 244 g/mol. The summed E-state index contributed by atoms with van der Waals surface area (Å²) in [6, 6.07) is 2.77. The van der Waals surface area contributed by atoms with Gasteiger partial charge in [-0.3, -0.25) is 0 Å². The maximum absolute atomic E-state index is 13.1. The maximum atomic E-state index is 13.1. The van der Waals surface area contributed by atoms with Crippen molar-refractivity contribution >= 4 is 23.0 Å². The fourth-order valence-electron chi connectivity index (χ4n) is 1.17. The third-order valence-electron chi connectivity index (χ3n) is 2.81. The number of nitrogens with one attached hydrogen (secondary N) is 1. The molecule has 0 unspecified atom stereocenters. The molecule has 16 heavy (non-hydrogen) atoms. The lowest BCUT2D eigenvalue weighted by molar-refractivity contribution is 0.377. The first-order valence-electron chi connectivity index (χ1n) is 5.34. The van der Waals surface area contributed by atoms with Crippen molar-refractivity contribution < 1.29 is 4.39 Å². The number of nitrogen functional groups attached to an aromatic ring is 1. The Morgan fingerprint density at radius 2 is 2.06 bits per heavy atom. The van der Waals surface area contributed by atoms with Gasteiger partial charge in [0, 0.05) is 12.6 Å². The molecule has 0 radical (unpaired) electrons. The molecule has 3 N–H and O–H groups in total. The van der Waals surface area contributed by atoms with Crippen LogP contribution in [0.3, 0.4) is 0 Å². The van der Waals surface area contributed by atoms with Crippen LogP contribution in [0.25, 0.3) is 0 Å². The second-order valence-electron chi connectivity index (χ2n) is 4.72. The Kier molecular flexibility index (Phi) is 4.03. The quantitative estimate of drug-likeness (QED) is 0.788. The topological polar surface area (TPSA) is 38.0 Å². The predicted octanol–water partition coefficient (Wildman–Crippen LogP) is 3.91. The maximum Gasteiger partial charge on any atom is 0.143 e. The minimum absolute atomic E-state index is 0.0889. The largest absolute Gasteiger partial charge is 0.397 e. The van der Waals surface area contributed by atoms with E-state index in [2.05, 4.69) is 26.1 Å². The van der Waals surface area contributed by atoms with Crippen LogP contribution in [-0.2, 0) is 0 Å². The van der Waals surface area contributed by atoms with E-state index in [4.69, 9.17) is 17.3 Å². The van der Waals surface area contributed by atoms with Crippen LogP contribution in [0, 0.1) is 11.2 Å². The molecule has 0 saturated heterocycles. The van der Waals surface area contributed by atoms with Gasteiger partial charge in [0.05, 0.1) is 16.4 Å². The van der Waals surface area contributed by atoms with Gasteiger partial charge in [0.1, 0.15) is 5.82 Å². The van der Waals surface area contributed by atoms with Gasteiger partial charge >= 0.3 is 0 Å². The lowest BCUT2D eigenvalue weighted by Crippen LogP contribution is -2.22. The summed E-state index contributed by atoms with van der Waals surface area (Å²) in [4.78, 5) is 0. The van der Waals surface area contributed by atoms with Crippen LogP contribution in [0.1, 0.15) is 27.2 Å². The van der Waals surface area contributed by atoms with Gasteiger partial charge in [-0.1, -0.05) is 32.4 Å². The van der Waals surface area contributed by atoms with Crippen LogP contribution in [0.15, 0.2) is 12.1 Å². The molecule has 0 bridgehead atoms. The Bertz CT molecular complexity index is 378. The Morgan fingerprint density at radius 1 is 1.44 bits per heavy atom. The smallest absolute Gasteiger partial charge is 0.143 e. The molecule has 0 amide bonds. The lowest BCUT2D eigenvalue weighted by Gasteiger charge is -2.24. The van der Waals surface area contributed by atoms with Crippen molar-refractivity contribution in [3.05, 3.63) is 23.0 Å². The fourth-order valence-corrected chi connectivity index (χ4v) is 1.34. The van der Waals surface area contributed by atoms with Crippen molar-refractivity contribution in [3.8, 4) is 0 Å². The SMILES string of the molecule is CCC(C)(C)CNc1cc(Cl)c(F)cc1N. The summed E-state index contributed by atoms with van der Waals surface area (Å²) in [5, 5.41) is 3.28. The number of hydrogen-bond acceptors (Lipinski definition) is 2. The second kappa shape index (κ2) is 4.91. The molecule has 1 aromatic rings. The van der Waals surface area contributed by atoms with Crippen LogP contribution in [0.2, 0.25) is 5.02 Å². The lowest BCUT2D eigenvalue weighted by atomic mass is 9.90. The molecule has 0 aromatic heterocycles. The summed E-state index contributed by atoms with van der Waals surface area (Å²) in [5.41, 5.74) is 6.94. The van der Waals surface area contributed by atoms with E-state index in [1.165, 1.54) is 12.1 Å². The number of anilines is 2. The molecule has 0 spiro atoms. The van der Waals surface area contributed by atoms with Crippen LogP contribution >= 0.6 is 11.6 Å². The Labute approximate surface area is 101 Å². The summed E-state index contributed by atoms with van der Waals surface area (Å²) in [6.07, 6.45) is 1.05. The van der Waals surface area contributed by atoms with Crippen LogP contribution in [0.4, 0.5) is 15.8 Å². The minimum Gasteiger partial charge on any atom is -0.397 e. The molecular formula is C12H18ClFN2. The average molecular weight is 245 g/mol. The molecule has 4 heteroatoms. The molecule has 0 aliphatic rings. The molecule has 2 nitrogen and oxygen atoms in total. The van der Waals surface area contributed by atoms with E-state index in [0.717, 1.165) is 13.0 Å². The zero-order valence-corrected chi connectivity index (χ0v) is 10.7. The molecule has 90 valence electrons. The normalized spacial score (nSPS) is 11.6. The van der Waals surface area contributed by atoms with Gasteiger partial charge < -0.3 is 11.1 Å². The van der Waals surface area contributed by atoms with Crippen molar-refractivity contribution in [1.29, 1.82) is 0 Å². The van der Waals surface area contributed by atoms with E-state index < -0.39 is 5.82 Å². The van der Waals surface area contributed by atoms with Crippen LogP contribution in [-0.4, -0.2) is 6.54 Å². The number of nitrogens with two attached hydrogens (primary N) is 1. The third kappa shape index (κ3) is 3.27. The highest BCUT2D eigenvalue weighted by Gasteiger charge is 2.15. The molecule has 0 saturated carbocycles. The van der Waals surface area contributed by atoms with Gasteiger partial charge in [-0.15, -0.1) is 0 Å². The molecule has 0 aliphatic carbocycles. The first kappa shape index (κ1) is 13.1. The third-order valence-corrected chi connectivity index (χ3v) is 3.10. The second-order valence-corrected chi connectivity index (χ2v) is 5.13. The number of hydrogen-bond donors (Lipinski definition) is 2. The molecule has 0 heterocycles. The minimum atomic E-state index is -0.487. The summed E-state index contributed by atoms with van der Waals surface area (Å²) in [5.74, 6) is -0.487. The van der Waals surface area contributed by atoms with Crippen molar-refractivity contribution in [1.82, 2.24) is 0 Å². The van der Waals surface area contributed by atoms with E-state index in [1.807, 2.05) is 0 Å². The van der Waals surface area contributed by atoms with Crippen molar-refractivity contribution in [2.24, 2.45) is 5.41 Å². The summed E-state index contributed by atoms with van der Waals surface area (Å²) < 4.78 is 13.1. The van der Waals surface area contributed by atoms with Gasteiger partial charge in [-0.05, 0) is 17.9 Å². The standard InChI is InChI=1S/C12H18ClFN2/c1-4-12(2,3)7-16-11-5-8(13)9(14)6-10(11)15/h5-6,16H,4,7,15H2,1-3H3. The van der Waals surface area contributed by atoms with Crippen LogP contribution in [0.5, 0.6) is 0 Å². The van der Waals surface area contributed by atoms with Gasteiger partial charge in [-0.25, -0.2) is 4.39 Å². The van der Waals surface area contributed by atoms with E-state index in [1.54, 1.807) is 0 Å². The number of benzene rings is 1. The Morgan fingerprint density at radius 3 is 2.62 bits per heavy atom. The predicted molar refractivity (Wildman–Crippen MR) is 68.4 cm³/mol. The average Bonchev–Trinajstić information content (AvgIpc) is 2.22. The van der Waals surface area contributed by atoms with E-state index in [0.29, 0.717) is 11.4 Å². The Hall–Kier alpha value is -0.960. The summed E-state index contributed by atoms with van der Waals surface area (Å²) >= 11 is 5.70. The van der Waals surface area contributed by atoms with Gasteiger partial charge in [0.15, 0.2) is 0 Å². The number of halogens is 2. The van der Waals surface area contributed by atoms with E-state index in [9.17, 15) is 4.39 Å². The van der Waals surface area contributed by atoms with Crippen LogP contribution < -0.4 is 11.1 Å². The van der Waals surface area contributed by atoms with Crippen molar-refractivity contribution in [2.45, 2.75) is 27.2 Å². The molecule has 0 aliphatic heterocycles. The first-order chi connectivity index (χ1) is 7.35. The number of rotatable bonds is 4. The van der Waals surface area contributed by atoms with Crippen molar-refractivity contribution in [2.75, 3.05) is 17.6 Å². The zero-order valence-electron chi connectivity index (χ0n) is 9.90. The summed E-state index contributed by atoms with van der Waals surface area (Å²) in [7, 11) is 0. The first-order valence-corrected chi connectivity index (χ1v) is 5.72. The molecule has 0 fully saturated rings. The Balaban J connectivity index is 2.79. The summed E-state index contributed by atoms with van der Waals surface area (Å²) in [6.45, 7) is 7.21. The van der Waals surface area contributed by atoms with E-state index >= 15 is 0 Å². The van der Waals surface area contributed by atoms with Gasteiger partial charge in [0.2, 0.25) is 0 Å². The van der Waals surface area contributed by atoms with Gasteiger partial charge in [0.25, 0.3) is 0 Å². The fraction of sp³-hybridized carbons (Fsp3) is 0.500. The van der Waals surface area contributed by atoms with E-state index in [-0.39, 0.29) is 10.4 Å². The van der Waals surface area contributed by atoms with Gasteiger partial charge in [-0.2, -0.15) is 0 Å². The molecule has 0 atom stereocenters. The highest BCUT2D eigenvalue weighted by atomic mass is 35.5. The molecule has 1 rings (SSSR count). The van der Waals surface area contributed by atoms with Crippen molar-refractivity contribution in [3.63, 3.8) is 0 Å².